The number of hydrogen-bond donors (Lipinski definition) is 0. The molecule has 0 saturated carbocycles. The first-order chi connectivity index (χ1) is 12.1. The third kappa shape index (κ3) is 11.8. The van der Waals surface area contributed by atoms with Crippen molar-refractivity contribution in [1.82, 2.24) is 0 Å². The predicted octanol–water partition coefficient (Wildman–Crippen LogP) is 6.02. The van der Waals surface area contributed by atoms with Gasteiger partial charge in [-0.25, -0.2) is 0 Å². The van der Waals surface area contributed by atoms with E-state index in [2.05, 4.69) is 6.92 Å². The van der Waals surface area contributed by atoms with Crippen LogP contribution < -0.4 is 0 Å². The summed E-state index contributed by atoms with van der Waals surface area (Å²) in [6.07, 6.45) is 15.1. The van der Waals surface area contributed by atoms with Gasteiger partial charge in [-0.2, -0.15) is 8.42 Å². The third-order valence-electron chi connectivity index (χ3n) is 4.60. The van der Waals surface area contributed by atoms with Crippen LogP contribution in [0.1, 0.15) is 89.5 Å². The first-order valence-corrected chi connectivity index (χ1v) is 11.4. The van der Waals surface area contributed by atoms with Crippen molar-refractivity contribution >= 4 is 39.7 Å². The maximum Gasteiger partial charge on any atom is 0.297 e. The first kappa shape index (κ1) is 26.1. The quantitative estimate of drug-likeness (QED) is 0.208. The van der Waals surface area contributed by atoms with Gasteiger partial charge in [-0.1, -0.05) is 95.8 Å². The molecule has 5 heteroatoms. The summed E-state index contributed by atoms with van der Waals surface area (Å²) >= 11 is 0. The summed E-state index contributed by atoms with van der Waals surface area (Å²) in [7, 11) is -3.61. The van der Waals surface area contributed by atoms with Gasteiger partial charge in [0.1, 0.15) is 0 Å². The van der Waals surface area contributed by atoms with Gasteiger partial charge in [0.05, 0.1) is 11.5 Å². The average Bonchev–Trinajstić information content (AvgIpc) is 2.59. The second-order valence-corrected chi connectivity index (χ2v) is 8.51. The van der Waals surface area contributed by atoms with Crippen LogP contribution >= 0.6 is 0 Å². The Morgan fingerprint density at radius 1 is 0.769 bits per heavy atom. The van der Waals surface area contributed by atoms with Crippen molar-refractivity contribution in [3.63, 3.8) is 0 Å². The normalized spacial score (nSPS) is 11.3. The van der Waals surface area contributed by atoms with Crippen LogP contribution in [-0.4, -0.2) is 44.6 Å². The van der Waals surface area contributed by atoms with Crippen LogP contribution in [0, 0.1) is 6.92 Å². The van der Waals surface area contributed by atoms with E-state index < -0.39 is 10.1 Å². The number of benzene rings is 1. The molecule has 0 unspecified atom stereocenters. The predicted molar refractivity (Wildman–Crippen MR) is 111 cm³/mol. The molecular weight excluding hydrogens is 355 g/mol. The third-order valence-corrected chi connectivity index (χ3v) is 6.07. The van der Waals surface area contributed by atoms with E-state index in [1.54, 1.807) is 25.1 Å². The largest absolute Gasteiger partial charge is 0.297 e. The van der Waals surface area contributed by atoms with E-state index in [-0.39, 0.29) is 41.1 Å². The van der Waals surface area contributed by atoms with Crippen molar-refractivity contribution in [1.29, 1.82) is 0 Å². The molecule has 0 fully saturated rings. The minimum absolute atomic E-state index is 0. The SMILES string of the molecule is CCCCCCCCCCCCCCOS(=O)(=O)c1ccccc1C.[Na]. The average molecular weight is 392 g/mol. The molecular formula is C21H36NaO3S. The van der Waals surface area contributed by atoms with Gasteiger partial charge in [0.15, 0.2) is 0 Å². The fourth-order valence-corrected chi connectivity index (χ4v) is 4.18. The first-order valence-electron chi connectivity index (χ1n) is 10.0. The molecule has 0 aliphatic carbocycles. The Balaban J connectivity index is 0.00000625. The molecule has 0 aliphatic rings. The molecule has 26 heavy (non-hydrogen) atoms. The zero-order chi connectivity index (χ0) is 18.4. The topological polar surface area (TPSA) is 43.4 Å². The van der Waals surface area contributed by atoms with Gasteiger partial charge >= 0.3 is 0 Å². The number of hydrogen-bond acceptors (Lipinski definition) is 3. The Kier molecular flexibility index (Phi) is 16.2. The fourth-order valence-electron chi connectivity index (χ4n) is 3.01. The van der Waals surface area contributed by atoms with E-state index in [0.29, 0.717) is 0 Å². The molecule has 0 saturated heterocycles. The summed E-state index contributed by atoms with van der Waals surface area (Å²) in [5.41, 5.74) is 0.734. The molecule has 1 aromatic carbocycles. The molecule has 1 radical (unpaired) electrons. The van der Waals surface area contributed by atoms with Gasteiger partial charge < -0.3 is 0 Å². The maximum absolute atomic E-state index is 12.1. The van der Waals surface area contributed by atoms with Gasteiger partial charge in [0, 0.05) is 29.6 Å². The molecule has 0 N–H and O–H groups in total. The van der Waals surface area contributed by atoms with Crippen molar-refractivity contribution in [3.8, 4) is 0 Å². The monoisotopic (exact) mass is 391 g/mol. The summed E-state index contributed by atoms with van der Waals surface area (Å²) < 4.78 is 29.4. The number of unbranched alkanes of at least 4 members (excludes halogenated alkanes) is 11. The van der Waals surface area contributed by atoms with E-state index in [1.807, 2.05) is 6.07 Å². The van der Waals surface area contributed by atoms with Gasteiger partial charge in [0.25, 0.3) is 10.1 Å². The molecule has 1 aromatic rings. The van der Waals surface area contributed by atoms with Crippen molar-refractivity contribution in [2.75, 3.05) is 6.61 Å². The fraction of sp³-hybridized carbons (Fsp3) is 0.714. The molecule has 145 valence electrons. The second kappa shape index (κ2) is 16.1. The summed E-state index contributed by atoms with van der Waals surface area (Å²) in [4.78, 5) is 0.286. The van der Waals surface area contributed by atoms with Crippen molar-refractivity contribution in [2.45, 2.75) is 95.8 Å². The van der Waals surface area contributed by atoms with Crippen LogP contribution in [0.3, 0.4) is 0 Å². The van der Waals surface area contributed by atoms with Crippen molar-refractivity contribution in [2.24, 2.45) is 0 Å². The van der Waals surface area contributed by atoms with Gasteiger partial charge in [-0.05, 0) is 25.0 Å². The summed E-state index contributed by atoms with van der Waals surface area (Å²) in [5, 5.41) is 0. The molecule has 0 heterocycles. The molecule has 1 rings (SSSR count). The molecule has 0 aromatic heterocycles. The standard InChI is InChI=1S/C21H36O3S.Na/c1-3-4-5-6-7-8-9-10-11-12-13-16-19-24-25(22,23)21-18-15-14-17-20(21)2;/h14-15,17-18H,3-13,16,19H2,1-2H3;. The van der Waals surface area contributed by atoms with Crippen LogP contribution in [0.25, 0.3) is 0 Å². The van der Waals surface area contributed by atoms with Crippen LogP contribution in [0.15, 0.2) is 29.2 Å². The summed E-state index contributed by atoms with van der Waals surface area (Å²) in [6.45, 7) is 4.33. The number of aryl methyl sites for hydroxylation is 1. The molecule has 3 nitrogen and oxygen atoms in total. The van der Waals surface area contributed by atoms with Crippen LogP contribution in [0.4, 0.5) is 0 Å². The van der Waals surface area contributed by atoms with Crippen molar-refractivity contribution < 1.29 is 12.6 Å². The van der Waals surface area contributed by atoms with E-state index in [9.17, 15) is 8.42 Å². The summed E-state index contributed by atoms with van der Waals surface area (Å²) in [5.74, 6) is 0. The van der Waals surface area contributed by atoms with Gasteiger partial charge in [-0.15, -0.1) is 0 Å². The van der Waals surface area contributed by atoms with E-state index in [0.717, 1.165) is 18.4 Å². The Bertz CT molecular complexity index is 558. The van der Waals surface area contributed by atoms with Gasteiger partial charge in [-0.3, -0.25) is 4.18 Å². The van der Waals surface area contributed by atoms with Crippen molar-refractivity contribution in [3.05, 3.63) is 29.8 Å². The van der Waals surface area contributed by atoms with Crippen LogP contribution in [-0.2, 0) is 14.3 Å². The Hall–Kier alpha value is 0.130. The smallest absolute Gasteiger partial charge is 0.266 e. The van der Waals surface area contributed by atoms with E-state index in [4.69, 9.17) is 4.18 Å². The van der Waals surface area contributed by atoms with E-state index >= 15 is 0 Å². The molecule has 0 amide bonds. The molecule has 0 bridgehead atoms. The minimum atomic E-state index is -3.61. The zero-order valence-electron chi connectivity index (χ0n) is 17.1. The molecule has 0 atom stereocenters. The Morgan fingerprint density at radius 3 is 1.73 bits per heavy atom. The van der Waals surface area contributed by atoms with Crippen LogP contribution in [0.5, 0.6) is 0 Å². The second-order valence-electron chi connectivity index (χ2n) is 6.93. The Morgan fingerprint density at radius 2 is 1.23 bits per heavy atom. The summed E-state index contributed by atoms with van der Waals surface area (Å²) in [6, 6.07) is 6.96. The molecule has 0 aliphatic heterocycles. The minimum Gasteiger partial charge on any atom is -0.266 e. The zero-order valence-corrected chi connectivity index (χ0v) is 20.0. The molecule has 0 spiro atoms. The van der Waals surface area contributed by atoms with Crippen LogP contribution in [0.2, 0.25) is 0 Å². The van der Waals surface area contributed by atoms with Gasteiger partial charge in [0.2, 0.25) is 0 Å². The number of rotatable bonds is 15. The Labute approximate surface area is 183 Å². The van der Waals surface area contributed by atoms with E-state index in [1.165, 1.54) is 64.2 Å². The maximum atomic E-state index is 12.1.